The Kier molecular flexibility index (Phi) is 12.3. The Hall–Kier alpha value is -3.94. The third-order valence-electron chi connectivity index (χ3n) is 5.67. The number of carbonyl (C=O) groups is 2. The van der Waals surface area contributed by atoms with Crippen LogP contribution in [0.5, 0.6) is 11.5 Å². The molecule has 3 aromatic rings. The van der Waals surface area contributed by atoms with Crippen LogP contribution < -0.4 is 10.5 Å². The molecule has 0 unspecified atom stereocenters. The third kappa shape index (κ3) is 8.53. The minimum absolute atomic E-state index is 0. The molecular formula is C24H26F3N5O6S2. The van der Waals surface area contributed by atoms with Crippen LogP contribution in [0, 0.1) is 16.7 Å². The number of nitrogens with zero attached hydrogens (tertiary/aromatic N) is 3. The summed E-state index contributed by atoms with van der Waals surface area (Å²) < 4.78 is 37.6. The molecule has 1 amide bonds. The normalized spacial score (nSPS) is 15.0. The van der Waals surface area contributed by atoms with Crippen molar-refractivity contribution in [3.05, 3.63) is 75.8 Å². The van der Waals surface area contributed by atoms with E-state index in [0.29, 0.717) is 30.9 Å². The van der Waals surface area contributed by atoms with Crippen molar-refractivity contribution in [3.63, 3.8) is 0 Å². The van der Waals surface area contributed by atoms with E-state index in [-0.39, 0.29) is 38.6 Å². The lowest BCUT2D eigenvalue weighted by molar-refractivity contribution is -0.384. The molecule has 0 aliphatic carbocycles. The second-order valence-electron chi connectivity index (χ2n) is 8.27. The minimum Gasteiger partial charge on any atom is -0.475 e. The van der Waals surface area contributed by atoms with E-state index in [9.17, 15) is 28.1 Å². The fourth-order valence-corrected chi connectivity index (χ4v) is 3.84. The fourth-order valence-electron chi connectivity index (χ4n) is 3.84. The Morgan fingerprint density at radius 1 is 1.23 bits per heavy atom. The van der Waals surface area contributed by atoms with Gasteiger partial charge in [-0.15, -0.1) is 0 Å². The van der Waals surface area contributed by atoms with E-state index in [1.807, 2.05) is 18.3 Å². The Morgan fingerprint density at radius 3 is 2.38 bits per heavy atom. The van der Waals surface area contributed by atoms with Crippen molar-refractivity contribution in [2.75, 3.05) is 6.54 Å². The maximum atomic E-state index is 12.7. The summed E-state index contributed by atoms with van der Waals surface area (Å²) in [5, 5.41) is 18.8. The smallest absolute Gasteiger partial charge is 0.475 e. The highest BCUT2D eigenvalue weighted by molar-refractivity contribution is 7.59. The number of aromatic nitrogens is 1. The van der Waals surface area contributed by atoms with Crippen LogP contribution in [0.4, 0.5) is 18.9 Å². The third-order valence-corrected chi connectivity index (χ3v) is 5.67. The number of nitro benzene ring substituents is 1. The number of non-ortho nitro benzene ring substituents is 1. The van der Waals surface area contributed by atoms with Gasteiger partial charge in [-0.3, -0.25) is 24.7 Å². The van der Waals surface area contributed by atoms with Gasteiger partial charge in [-0.25, -0.2) is 11.4 Å². The van der Waals surface area contributed by atoms with Crippen molar-refractivity contribution in [1.82, 2.24) is 9.88 Å². The van der Waals surface area contributed by atoms with Gasteiger partial charge in [-0.1, -0.05) is 0 Å². The Bertz CT molecular complexity index is 1380. The van der Waals surface area contributed by atoms with Gasteiger partial charge >= 0.3 is 18.3 Å². The molecular weight excluding hydrogens is 575 g/mol. The number of amides is 1. The molecule has 1 saturated heterocycles. The number of fused-ring (bicyclic) bond motifs is 1. The topological polar surface area (TPSA) is 156 Å². The van der Waals surface area contributed by atoms with Crippen LogP contribution in [0.15, 0.2) is 48.7 Å². The lowest BCUT2D eigenvalue weighted by Crippen LogP contribution is -2.46. The quantitative estimate of drug-likeness (QED) is 0.214. The molecule has 1 aliphatic heterocycles. The Morgan fingerprint density at radius 2 is 1.82 bits per heavy atom. The van der Waals surface area contributed by atoms with Crippen LogP contribution in [-0.4, -0.2) is 56.7 Å². The molecule has 40 heavy (non-hydrogen) atoms. The fraction of sp³-hybridized carbons (Fsp3) is 0.292. The molecule has 1 aromatic heterocycles. The van der Waals surface area contributed by atoms with Crippen molar-refractivity contribution in [2.24, 2.45) is 5.73 Å². The zero-order valence-corrected chi connectivity index (χ0v) is 22.6. The predicted octanol–water partition coefficient (Wildman–Crippen LogP) is 4.46. The number of benzene rings is 2. The first-order chi connectivity index (χ1) is 17.9. The molecule has 4 rings (SSSR count). The van der Waals surface area contributed by atoms with E-state index in [1.165, 1.54) is 12.1 Å². The van der Waals surface area contributed by atoms with E-state index >= 15 is 0 Å². The van der Waals surface area contributed by atoms with Gasteiger partial charge in [-0.05, 0) is 48.7 Å². The number of H-pyrrole nitrogens is 1. The number of hydrogen-bond donors (Lipinski definition) is 3. The number of aromatic amines is 1. The van der Waals surface area contributed by atoms with Crippen molar-refractivity contribution in [1.29, 1.82) is 0 Å². The minimum atomic E-state index is -5.08. The summed E-state index contributed by atoms with van der Waals surface area (Å²) in [7, 11) is 0. The highest BCUT2D eigenvalue weighted by Gasteiger charge is 2.38. The second-order valence-corrected chi connectivity index (χ2v) is 8.27. The lowest BCUT2D eigenvalue weighted by atomic mass is 10.0. The molecule has 4 N–H and O–H groups in total. The number of carboxylic acid groups (broad SMARTS) is 1. The number of aliphatic carboxylic acids is 1. The van der Waals surface area contributed by atoms with Crippen LogP contribution in [0.25, 0.3) is 15.7 Å². The van der Waals surface area contributed by atoms with Gasteiger partial charge in [0.2, 0.25) is 5.91 Å². The van der Waals surface area contributed by atoms with Crippen molar-refractivity contribution < 1.29 is 37.5 Å². The van der Waals surface area contributed by atoms with E-state index < -0.39 is 29.3 Å². The highest BCUT2D eigenvalue weighted by Crippen LogP contribution is 2.29. The monoisotopic (exact) mass is 601 g/mol. The zero-order valence-electron chi connectivity index (χ0n) is 20.6. The summed E-state index contributed by atoms with van der Waals surface area (Å²) in [5.74, 6) is -1.92. The molecule has 1 fully saturated rings. The number of alkyl halides is 3. The molecule has 0 radical (unpaired) electrons. The van der Waals surface area contributed by atoms with Crippen molar-refractivity contribution in [2.45, 2.75) is 37.6 Å². The Balaban J connectivity index is 0.000000792. The number of halogens is 3. The molecule has 2 atom stereocenters. The number of nitrogens with two attached hydrogens (primary N) is 1. The summed E-state index contributed by atoms with van der Waals surface area (Å²) in [6, 6.07) is 10.6. The number of ether oxygens (including phenoxy) is 1. The van der Waals surface area contributed by atoms with Crippen LogP contribution in [0.3, 0.4) is 0 Å². The van der Waals surface area contributed by atoms with Gasteiger partial charge < -0.3 is 20.6 Å². The maximum absolute atomic E-state index is 12.7. The molecule has 1 aliphatic rings. The molecule has 0 bridgehead atoms. The zero-order chi connectivity index (χ0) is 28.0. The summed E-state index contributed by atoms with van der Waals surface area (Å²) in [6.45, 7) is 7.83. The highest BCUT2D eigenvalue weighted by atomic mass is 32.1. The van der Waals surface area contributed by atoms with Gasteiger partial charge in [0, 0.05) is 42.2 Å². The first kappa shape index (κ1) is 34.1. The molecule has 11 nitrogen and oxygen atoms in total. The Labute approximate surface area is 239 Å². The molecule has 16 heteroatoms. The van der Waals surface area contributed by atoms with Gasteiger partial charge in [0.1, 0.15) is 11.5 Å². The standard InChI is InChI=1S/C22H21N5O4.C2HF3O2.2H2S/c1-24-21-3-2-10-26(21)22(28)19(23)11-14-13-25-20-9-8-17(12-18(14)20)31-16-6-4-15(5-7-16)27(29)30;3-2(4,5)1(6)7;;/h4-9,12-13,19,21,25H,2-3,10-11,23H2;(H,6,7);2*1H2/t19-,21-;;;/m0.../s1. The number of hydrogen-bond acceptors (Lipinski definition) is 6. The second kappa shape index (κ2) is 14.4. The van der Waals surface area contributed by atoms with Crippen LogP contribution in [-0.2, 0) is 16.0 Å². The molecule has 2 heterocycles. The largest absolute Gasteiger partial charge is 0.490 e. The van der Waals surface area contributed by atoms with Crippen molar-refractivity contribution >= 4 is 55.5 Å². The van der Waals surface area contributed by atoms with Crippen LogP contribution in [0.2, 0.25) is 0 Å². The SMILES string of the molecule is O=C(O)C(F)(F)F.S.S.[C-]#[N+][C@@H]1CCCN1C(=O)[C@@H](N)Cc1c[nH]c2ccc(Oc3ccc([N+](=O)[O-])cc3)cc12. The summed E-state index contributed by atoms with van der Waals surface area (Å²) in [6.07, 6.45) is -1.83. The van der Waals surface area contributed by atoms with E-state index in [0.717, 1.165) is 22.9 Å². The van der Waals surface area contributed by atoms with E-state index in [2.05, 4.69) is 9.83 Å². The average molecular weight is 602 g/mol. The van der Waals surface area contributed by atoms with Gasteiger partial charge in [0.25, 0.3) is 5.69 Å². The first-order valence-electron chi connectivity index (χ1n) is 11.2. The average Bonchev–Trinajstić information content (AvgIpc) is 3.50. The van der Waals surface area contributed by atoms with Gasteiger partial charge in [-0.2, -0.15) is 40.2 Å². The summed E-state index contributed by atoms with van der Waals surface area (Å²) in [5.41, 5.74) is 7.95. The molecule has 0 saturated carbocycles. The van der Waals surface area contributed by atoms with Crippen LogP contribution in [0.1, 0.15) is 18.4 Å². The first-order valence-corrected chi connectivity index (χ1v) is 11.2. The number of likely N-dealkylation sites (tertiary alicyclic amines) is 1. The van der Waals surface area contributed by atoms with Gasteiger partial charge in [0.05, 0.1) is 11.0 Å². The van der Waals surface area contributed by atoms with E-state index in [1.54, 1.807) is 23.1 Å². The van der Waals surface area contributed by atoms with Gasteiger partial charge in [0.15, 0.2) is 0 Å². The summed E-state index contributed by atoms with van der Waals surface area (Å²) in [4.78, 5) is 40.2. The maximum Gasteiger partial charge on any atom is 0.490 e. The predicted molar refractivity (Wildman–Crippen MR) is 149 cm³/mol. The lowest BCUT2D eigenvalue weighted by Gasteiger charge is -2.20. The summed E-state index contributed by atoms with van der Waals surface area (Å²) >= 11 is 0. The number of carboxylic acids is 1. The molecule has 0 spiro atoms. The number of carbonyl (C=O) groups excluding carboxylic acids is 1. The van der Waals surface area contributed by atoms with E-state index in [4.69, 9.17) is 26.9 Å². The number of rotatable bonds is 6. The van der Waals surface area contributed by atoms with Crippen molar-refractivity contribution in [3.8, 4) is 11.5 Å². The van der Waals surface area contributed by atoms with Crippen LogP contribution >= 0.6 is 27.0 Å². The molecule has 2 aromatic carbocycles. The molecule has 216 valence electrons. The number of nitrogens with one attached hydrogen (secondary N) is 1. The number of nitro groups is 1.